The Morgan fingerprint density at radius 2 is 2.12 bits per heavy atom. The van der Waals surface area contributed by atoms with E-state index < -0.39 is 0 Å². The first-order valence-corrected chi connectivity index (χ1v) is 8.30. The van der Waals surface area contributed by atoms with Crippen molar-refractivity contribution in [3.8, 4) is 17.4 Å². The topological polar surface area (TPSA) is 96.7 Å². The van der Waals surface area contributed by atoms with Gasteiger partial charge in [0.15, 0.2) is 0 Å². The van der Waals surface area contributed by atoms with Gasteiger partial charge in [-0.1, -0.05) is 12.6 Å². The van der Waals surface area contributed by atoms with Crippen molar-refractivity contribution >= 4 is 17.6 Å². The largest absolute Gasteiger partial charge is 0.508 e. The van der Waals surface area contributed by atoms with E-state index in [9.17, 15) is 9.90 Å². The Morgan fingerprint density at radius 3 is 2.88 bits per heavy atom. The quantitative estimate of drug-likeness (QED) is 0.725. The van der Waals surface area contributed by atoms with E-state index in [2.05, 4.69) is 16.1 Å². The normalized spacial score (nSPS) is 15.4. The summed E-state index contributed by atoms with van der Waals surface area (Å²) < 4.78 is 3.31. The summed E-state index contributed by atoms with van der Waals surface area (Å²) >= 11 is 0. The molecule has 0 radical (unpaired) electrons. The minimum atomic E-state index is -0.242. The van der Waals surface area contributed by atoms with E-state index in [4.69, 9.17) is 5.26 Å². The lowest BCUT2D eigenvalue weighted by atomic mass is 9.42. The van der Waals surface area contributed by atoms with Crippen molar-refractivity contribution in [2.75, 3.05) is 0 Å². The SMILES string of the molecule is N#CB1CCC(n2cc(-n3cnc4ccc(O)cc4c3=O)cn2)CC1. The summed E-state index contributed by atoms with van der Waals surface area (Å²) in [5, 5.41) is 23.4. The Kier molecular flexibility index (Phi) is 3.77. The van der Waals surface area contributed by atoms with Crippen molar-refractivity contribution < 1.29 is 5.11 Å². The zero-order chi connectivity index (χ0) is 17.4. The molecule has 0 bridgehead atoms. The molecule has 0 saturated carbocycles. The van der Waals surface area contributed by atoms with Crippen LogP contribution in [0.1, 0.15) is 18.9 Å². The summed E-state index contributed by atoms with van der Waals surface area (Å²) in [6, 6.07) is 4.81. The van der Waals surface area contributed by atoms with Gasteiger partial charge in [-0.15, -0.1) is 0 Å². The molecule has 25 heavy (non-hydrogen) atoms. The summed E-state index contributed by atoms with van der Waals surface area (Å²) in [6.45, 7) is 0.145. The fourth-order valence-corrected chi connectivity index (χ4v) is 3.42. The molecule has 0 amide bonds. The molecular weight excluding hydrogens is 317 g/mol. The Hall–Kier alpha value is -3.08. The first-order chi connectivity index (χ1) is 12.2. The van der Waals surface area contributed by atoms with Crippen molar-refractivity contribution in [3.05, 3.63) is 47.3 Å². The molecule has 1 N–H and O–H groups in total. The number of aromatic nitrogens is 4. The molecule has 1 aromatic carbocycles. The van der Waals surface area contributed by atoms with Crippen LogP contribution in [0.2, 0.25) is 12.6 Å². The van der Waals surface area contributed by atoms with Crippen LogP contribution in [0.5, 0.6) is 5.75 Å². The van der Waals surface area contributed by atoms with E-state index in [-0.39, 0.29) is 24.1 Å². The van der Waals surface area contributed by atoms with Crippen LogP contribution in [0.15, 0.2) is 41.7 Å². The number of phenols is 1. The third-order valence-corrected chi connectivity index (χ3v) is 4.86. The van der Waals surface area contributed by atoms with Crippen LogP contribution < -0.4 is 5.56 Å². The van der Waals surface area contributed by atoms with Gasteiger partial charge in [-0.25, -0.2) is 10.2 Å². The minimum absolute atomic E-state index is 0.0362. The van der Waals surface area contributed by atoms with E-state index in [0.29, 0.717) is 16.6 Å². The number of hydrogen-bond donors (Lipinski definition) is 1. The highest BCUT2D eigenvalue weighted by atomic mass is 16.3. The summed E-state index contributed by atoms with van der Waals surface area (Å²) in [5.74, 6) is 2.37. The maximum absolute atomic E-state index is 12.7. The van der Waals surface area contributed by atoms with E-state index in [1.54, 1.807) is 12.3 Å². The van der Waals surface area contributed by atoms with Crippen molar-refractivity contribution in [2.24, 2.45) is 0 Å². The minimum Gasteiger partial charge on any atom is -0.508 e. The van der Waals surface area contributed by atoms with Gasteiger partial charge in [0.2, 0.25) is 0 Å². The Balaban J connectivity index is 1.67. The van der Waals surface area contributed by atoms with E-state index in [1.165, 1.54) is 23.0 Å². The lowest BCUT2D eigenvalue weighted by Gasteiger charge is -2.23. The smallest absolute Gasteiger partial charge is 0.268 e. The fourth-order valence-electron chi connectivity index (χ4n) is 3.42. The van der Waals surface area contributed by atoms with Gasteiger partial charge >= 0.3 is 0 Å². The Morgan fingerprint density at radius 1 is 1.32 bits per heavy atom. The predicted octanol–water partition coefficient (Wildman–Crippen LogP) is 2.18. The van der Waals surface area contributed by atoms with Gasteiger partial charge in [0.1, 0.15) is 12.1 Å². The molecule has 0 aliphatic carbocycles. The van der Waals surface area contributed by atoms with Crippen LogP contribution in [0, 0.1) is 11.2 Å². The highest BCUT2D eigenvalue weighted by Gasteiger charge is 2.25. The first-order valence-electron chi connectivity index (χ1n) is 8.30. The van der Waals surface area contributed by atoms with E-state index >= 15 is 0 Å². The maximum Gasteiger partial charge on any atom is 0.268 e. The molecule has 1 aliphatic rings. The van der Waals surface area contributed by atoms with Gasteiger partial charge in [-0.3, -0.25) is 14.0 Å². The molecule has 0 unspecified atom stereocenters. The number of nitrogens with zero attached hydrogens (tertiary/aromatic N) is 5. The maximum atomic E-state index is 12.7. The van der Waals surface area contributed by atoms with Crippen LogP contribution in [0.3, 0.4) is 0 Å². The third kappa shape index (κ3) is 2.78. The van der Waals surface area contributed by atoms with E-state index in [0.717, 1.165) is 25.5 Å². The highest BCUT2D eigenvalue weighted by molar-refractivity contribution is 6.67. The number of phenolic OH excluding ortho intramolecular Hbond substituents is 1. The molecule has 2 aromatic heterocycles. The molecule has 1 aliphatic heterocycles. The van der Waals surface area contributed by atoms with Gasteiger partial charge in [0.25, 0.3) is 12.3 Å². The van der Waals surface area contributed by atoms with Crippen LogP contribution in [0.4, 0.5) is 0 Å². The van der Waals surface area contributed by atoms with Gasteiger partial charge in [-0.05, 0) is 31.0 Å². The molecule has 124 valence electrons. The number of nitriles is 1. The second kappa shape index (κ2) is 6.09. The molecule has 0 atom stereocenters. The lowest BCUT2D eigenvalue weighted by Crippen LogP contribution is -2.22. The highest BCUT2D eigenvalue weighted by Crippen LogP contribution is 2.29. The van der Waals surface area contributed by atoms with Gasteiger partial charge in [-0.2, -0.15) is 5.10 Å². The molecular formula is C17H16BN5O2. The summed E-state index contributed by atoms with van der Waals surface area (Å²) in [6.07, 6.45) is 8.56. The molecule has 4 rings (SSSR count). The standard InChI is InChI=1S/C17H16BN5O2/c19-10-18-5-3-12(4-6-18)23-9-13(8-21-23)22-11-20-16-2-1-14(24)7-15(16)17(22)25/h1-2,7-9,11-12,24H,3-6H2. The third-order valence-electron chi connectivity index (χ3n) is 4.86. The van der Waals surface area contributed by atoms with Gasteiger partial charge in [0.05, 0.1) is 28.8 Å². The average molecular weight is 333 g/mol. The molecule has 3 heterocycles. The molecule has 0 spiro atoms. The van der Waals surface area contributed by atoms with Crippen LogP contribution in [-0.4, -0.2) is 31.2 Å². The zero-order valence-electron chi connectivity index (χ0n) is 13.5. The van der Waals surface area contributed by atoms with Gasteiger partial charge < -0.3 is 5.11 Å². The van der Waals surface area contributed by atoms with Crippen LogP contribution >= 0.6 is 0 Å². The number of benzene rings is 1. The Bertz CT molecular complexity index is 1030. The number of rotatable bonds is 2. The monoisotopic (exact) mass is 333 g/mol. The summed E-state index contributed by atoms with van der Waals surface area (Å²) in [5.41, 5.74) is 0.944. The number of fused-ring (bicyclic) bond motifs is 1. The second-order valence-electron chi connectivity index (χ2n) is 6.43. The fraction of sp³-hybridized carbons (Fsp3) is 0.294. The van der Waals surface area contributed by atoms with Crippen LogP contribution in [-0.2, 0) is 0 Å². The summed E-state index contributed by atoms with van der Waals surface area (Å²) in [7, 11) is 0. The zero-order valence-corrected chi connectivity index (χ0v) is 13.5. The van der Waals surface area contributed by atoms with Crippen molar-refractivity contribution in [2.45, 2.75) is 31.5 Å². The van der Waals surface area contributed by atoms with Gasteiger partial charge in [0, 0.05) is 12.2 Å². The number of aromatic hydroxyl groups is 1. The molecule has 3 aromatic rings. The number of hydrogen-bond acceptors (Lipinski definition) is 5. The second-order valence-corrected chi connectivity index (χ2v) is 6.43. The predicted molar refractivity (Wildman–Crippen MR) is 94.0 cm³/mol. The van der Waals surface area contributed by atoms with Crippen molar-refractivity contribution in [1.29, 1.82) is 5.26 Å². The molecule has 7 nitrogen and oxygen atoms in total. The lowest BCUT2D eigenvalue weighted by molar-refractivity contribution is 0.414. The molecule has 1 fully saturated rings. The van der Waals surface area contributed by atoms with Crippen molar-refractivity contribution in [3.63, 3.8) is 0 Å². The molecule has 1 saturated heterocycles. The van der Waals surface area contributed by atoms with E-state index in [1.807, 2.05) is 10.9 Å². The van der Waals surface area contributed by atoms with Crippen LogP contribution in [0.25, 0.3) is 16.6 Å². The summed E-state index contributed by atoms with van der Waals surface area (Å²) in [4.78, 5) is 17.0. The first kappa shape index (κ1) is 15.5. The van der Waals surface area contributed by atoms with Crippen molar-refractivity contribution in [1.82, 2.24) is 19.3 Å². The average Bonchev–Trinajstić information content (AvgIpc) is 3.12. The molecule has 8 heteroatoms. The Labute approximate surface area is 144 Å².